The molecule has 3 heteroatoms. The molecule has 21 heavy (non-hydrogen) atoms. The van der Waals surface area contributed by atoms with Crippen LogP contribution in [-0.2, 0) is 0 Å². The summed E-state index contributed by atoms with van der Waals surface area (Å²) in [5.74, 6) is 8.11. The van der Waals surface area contributed by atoms with Gasteiger partial charge in [0.05, 0.1) is 11.6 Å². The molecule has 0 amide bonds. The van der Waals surface area contributed by atoms with Crippen molar-refractivity contribution >= 4 is 10.9 Å². The van der Waals surface area contributed by atoms with Gasteiger partial charge < -0.3 is 0 Å². The van der Waals surface area contributed by atoms with Gasteiger partial charge in [-0.15, -0.1) is 0 Å². The van der Waals surface area contributed by atoms with Gasteiger partial charge in [-0.25, -0.2) is 0 Å². The van der Waals surface area contributed by atoms with E-state index >= 15 is 0 Å². The molecular weight excluding hydrogens is 258 g/mol. The maximum absolute atomic E-state index is 5.93. The molecule has 4 unspecified atom stereocenters. The number of benzene rings is 1. The number of hydrazine groups is 1. The molecule has 1 aliphatic carbocycles. The van der Waals surface area contributed by atoms with E-state index < -0.39 is 0 Å². The smallest absolute Gasteiger partial charge is 0.0750 e. The van der Waals surface area contributed by atoms with Gasteiger partial charge in [-0.05, 0) is 42.2 Å². The summed E-state index contributed by atoms with van der Waals surface area (Å²) < 4.78 is 0. The van der Waals surface area contributed by atoms with Crippen LogP contribution in [0.5, 0.6) is 0 Å². The van der Waals surface area contributed by atoms with Crippen LogP contribution in [0.15, 0.2) is 36.5 Å². The highest BCUT2D eigenvalue weighted by molar-refractivity contribution is 5.82. The van der Waals surface area contributed by atoms with Crippen LogP contribution in [0.25, 0.3) is 10.9 Å². The summed E-state index contributed by atoms with van der Waals surface area (Å²) in [5.41, 5.74) is 5.39. The first-order chi connectivity index (χ1) is 10.2. The lowest BCUT2D eigenvalue weighted by atomic mass is 9.72. The van der Waals surface area contributed by atoms with Crippen LogP contribution in [0.4, 0.5) is 0 Å². The second-order valence-corrected chi connectivity index (χ2v) is 6.59. The summed E-state index contributed by atoms with van der Waals surface area (Å²) >= 11 is 0. The van der Waals surface area contributed by atoms with Gasteiger partial charge >= 0.3 is 0 Å². The highest BCUT2D eigenvalue weighted by Crippen LogP contribution is 2.40. The van der Waals surface area contributed by atoms with E-state index in [1.54, 1.807) is 0 Å². The minimum absolute atomic E-state index is 0.193. The molecule has 2 aromatic rings. The van der Waals surface area contributed by atoms with Crippen molar-refractivity contribution in [2.75, 3.05) is 0 Å². The number of nitrogens with zero attached hydrogens (tertiary/aromatic N) is 1. The van der Waals surface area contributed by atoms with Crippen molar-refractivity contribution in [2.45, 2.75) is 39.2 Å². The Hall–Kier alpha value is -1.45. The van der Waals surface area contributed by atoms with Crippen LogP contribution >= 0.6 is 0 Å². The maximum Gasteiger partial charge on any atom is 0.0750 e. The van der Waals surface area contributed by atoms with E-state index in [-0.39, 0.29) is 6.04 Å². The highest BCUT2D eigenvalue weighted by Gasteiger charge is 2.31. The number of hydrogen-bond donors (Lipinski definition) is 2. The van der Waals surface area contributed by atoms with Gasteiger partial charge in [-0.1, -0.05) is 44.5 Å². The van der Waals surface area contributed by atoms with E-state index in [0.29, 0.717) is 5.92 Å². The number of aromatic nitrogens is 1. The van der Waals surface area contributed by atoms with Crippen molar-refractivity contribution in [1.82, 2.24) is 10.4 Å². The number of nitrogens with one attached hydrogen (secondary N) is 1. The SMILES string of the molecule is CC1CCC(C(NN)c2cccc3cccnc23)CC1C. The molecule has 3 N–H and O–H groups in total. The Bertz CT molecular complexity index is 605. The molecule has 1 aromatic heterocycles. The predicted octanol–water partition coefficient (Wildman–Crippen LogP) is 3.81. The minimum Gasteiger partial charge on any atom is -0.271 e. The number of nitrogens with two attached hydrogens (primary N) is 1. The summed E-state index contributed by atoms with van der Waals surface area (Å²) in [6.07, 6.45) is 5.63. The Morgan fingerprint density at radius 1 is 1.14 bits per heavy atom. The average molecular weight is 283 g/mol. The molecule has 0 aliphatic heterocycles. The zero-order valence-corrected chi connectivity index (χ0v) is 12.9. The molecule has 0 radical (unpaired) electrons. The van der Waals surface area contributed by atoms with E-state index in [2.05, 4.69) is 48.5 Å². The molecule has 112 valence electrons. The number of hydrogen-bond acceptors (Lipinski definition) is 3. The lowest BCUT2D eigenvalue weighted by Gasteiger charge is -2.36. The molecule has 1 heterocycles. The number of fused-ring (bicyclic) bond motifs is 1. The molecule has 3 nitrogen and oxygen atoms in total. The second-order valence-electron chi connectivity index (χ2n) is 6.59. The quantitative estimate of drug-likeness (QED) is 0.665. The molecule has 1 aliphatic rings. The van der Waals surface area contributed by atoms with Gasteiger partial charge in [0.25, 0.3) is 0 Å². The molecule has 4 atom stereocenters. The third-order valence-electron chi connectivity index (χ3n) is 5.29. The van der Waals surface area contributed by atoms with Gasteiger partial charge in [0, 0.05) is 11.6 Å². The minimum atomic E-state index is 0.193. The summed E-state index contributed by atoms with van der Waals surface area (Å²) in [5, 5.41) is 1.19. The lowest BCUT2D eigenvalue weighted by Crippen LogP contribution is -2.37. The van der Waals surface area contributed by atoms with Crippen LogP contribution in [0, 0.1) is 17.8 Å². The normalized spacial score (nSPS) is 27.7. The molecule has 3 rings (SSSR count). The first kappa shape index (κ1) is 14.5. The standard InChI is InChI=1S/C18H25N3/c1-12-8-9-15(11-13(12)2)18(21-19)16-7-3-5-14-6-4-10-20-17(14)16/h3-7,10,12-13,15,18,21H,8-9,11,19H2,1-2H3. The van der Waals surface area contributed by atoms with Crippen LogP contribution in [0.1, 0.15) is 44.7 Å². The van der Waals surface area contributed by atoms with Crippen LogP contribution in [-0.4, -0.2) is 4.98 Å². The van der Waals surface area contributed by atoms with Crippen molar-refractivity contribution in [3.8, 4) is 0 Å². The topological polar surface area (TPSA) is 50.9 Å². The number of pyridine rings is 1. The van der Waals surface area contributed by atoms with Crippen LogP contribution in [0.2, 0.25) is 0 Å². The summed E-state index contributed by atoms with van der Waals surface area (Å²) in [4.78, 5) is 4.58. The van der Waals surface area contributed by atoms with E-state index in [0.717, 1.165) is 17.4 Å². The Morgan fingerprint density at radius 3 is 2.71 bits per heavy atom. The van der Waals surface area contributed by atoms with E-state index in [1.165, 1.54) is 30.2 Å². The van der Waals surface area contributed by atoms with Crippen molar-refractivity contribution in [1.29, 1.82) is 0 Å². The van der Waals surface area contributed by atoms with Gasteiger partial charge in [-0.2, -0.15) is 0 Å². The number of rotatable bonds is 3. The molecular formula is C18H25N3. The fourth-order valence-corrected chi connectivity index (χ4v) is 3.75. The molecule has 1 saturated carbocycles. The summed E-state index contributed by atoms with van der Waals surface area (Å²) in [7, 11) is 0. The van der Waals surface area contributed by atoms with E-state index in [4.69, 9.17) is 5.84 Å². The third-order valence-corrected chi connectivity index (χ3v) is 5.29. The van der Waals surface area contributed by atoms with Gasteiger partial charge in [0.1, 0.15) is 0 Å². The molecule has 1 fully saturated rings. The predicted molar refractivity (Wildman–Crippen MR) is 87.5 cm³/mol. The van der Waals surface area contributed by atoms with E-state index in [1.807, 2.05) is 12.3 Å². The lowest BCUT2D eigenvalue weighted by molar-refractivity contribution is 0.172. The largest absolute Gasteiger partial charge is 0.271 e. The fraction of sp³-hybridized carbons (Fsp3) is 0.500. The van der Waals surface area contributed by atoms with Crippen molar-refractivity contribution in [3.05, 3.63) is 42.1 Å². The van der Waals surface area contributed by atoms with Crippen molar-refractivity contribution < 1.29 is 0 Å². The third kappa shape index (κ3) is 2.81. The van der Waals surface area contributed by atoms with Gasteiger partial charge in [-0.3, -0.25) is 16.3 Å². The molecule has 0 spiro atoms. The first-order valence-electron chi connectivity index (χ1n) is 8.00. The van der Waals surface area contributed by atoms with E-state index in [9.17, 15) is 0 Å². The van der Waals surface area contributed by atoms with Gasteiger partial charge in [0.2, 0.25) is 0 Å². The Balaban J connectivity index is 1.95. The Kier molecular flexibility index (Phi) is 4.22. The maximum atomic E-state index is 5.93. The molecule has 0 bridgehead atoms. The Morgan fingerprint density at radius 2 is 1.95 bits per heavy atom. The van der Waals surface area contributed by atoms with Crippen LogP contribution in [0.3, 0.4) is 0 Å². The fourth-order valence-electron chi connectivity index (χ4n) is 3.75. The molecule has 0 saturated heterocycles. The van der Waals surface area contributed by atoms with Gasteiger partial charge in [0.15, 0.2) is 0 Å². The van der Waals surface area contributed by atoms with Crippen molar-refractivity contribution in [2.24, 2.45) is 23.6 Å². The zero-order chi connectivity index (χ0) is 14.8. The Labute approximate surface area is 126 Å². The van der Waals surface area contributed by atoms with Crippen molar-refractivity contribution in [3.63, 3.8) is 0 Å². The summed E-state index contributed by atoms with van der Waals surface area (Å²) in [6.45, 7) is 4.73. The average Bonchev–Trinajstić information content (AvgIpc) is 2.52. The summed E-state index contributed by atoms with van der Waals surface area (Å²) in [6, 6.07) is 10.7. The number of para-hydroxylation sites is 1. The monoisotopic (exact) mass is 283 g/mol. The molecule has 1 aromatic carbocycles. The van der Waals surface area contributed by atoms with Crippen LogP contribution < -0.4 is 11.3 Å². The second kappa shape index (κ2) is 6.12. The zero-order valence-electron chi connectivity index (χ0n) is 12.9. The first-order valence-corrected chi connectivity index (χ1v) is 8.00. The highest BCUT2D eigenvalue weighted by atomic mass is 15.2.